The Kier molecular flexibility index (Phi) is 16.2. The van der Waals surface area contributed by atoms with E-state index in [1.54, 1.807) is 0 Å². The first-order valence-electron chi connectivity index (χ1n) is 6.56. The fraction of sp³-hybridized carbons (Fsp3) is 1.00. The van der Waals surface area contributed by atoms with Gasteiger partial charge in [-0.3, -0.25) is 0 Å². The third kappa shape index (κ3) is 14.6. The summed E-state index contributed by atoms with van der Waals surface area (Å²) in [4.78, 5) is 0. The van der Waals surface area contributed by atoms with Crippen LogP contribution in [0.1, 0.15) is 51.4 Å². The van der Waals surface area contributed by atoms with Crippen molar-refractivity contribution in [3.8, 4) is 0 Å². The molecule has 4 N–H and O–H groups in total. The molecule has 0 fully saturated rings. The van der Waals surface area contributed by atoms with Gasteiger partial charge in [0, 0.05) is 18.1 Å². The summed E-state index contributed by atoms with van der Waals surface area (Å²) < 4.78 is 0. The summed E-state index contributed by atoms with van der Waals surface area (Å²) >= 11 is 0. The van der Waals surface area contributed by atoms with Gasteiger partial charge in [-0.1, -0.05) is 60.1 Å². The zero-order valence-corrected chi connectivity index (χ0v) is 12.1. The lowest BCUT2D eigenvalue weighted by Gasteiger charge is -2.02. The Balaban J connectivity index is 2.83. The van der Waals surface area contributed by atoms with Crippen LogP contribution in [0.5, 0.6) is 0 Å². The first-order valence-corrected chi connectivity index (χ1v) is 9.05. The predicted octanol–water partition coefficient (Wildman–Crippen LogP) is 3.41. The van der Waals surface area contributed by atoms with E-state index < -0.39 is 0 Å². The molecule has 0 saturated heterocycles. The Bertz CT molecular complexity index is 110. The van der Waals surface area contributed by atoms with Gasteiger partial charge in [0.15, 0.2) is 0 Å². The summed E-state index contributed by atoms with van der Waals surface area (Å²) in [7, 11) is 3.89. The molecule has 0 saturated carbocycles. The third-order valence-corrected chi connectivity index (χ3v) is 4.99. The van der Waals surface area contributed by atoms with Gasteiger partial charge < -0.3 is 11.5 Å². The lowest BCUT2D eigenvalue weighted by molar-refractivity contribution is 0.579. The van der Waals surface area contributed by atoms with Crippen LogP contribution >= 0.6 is 21.6 Å². The number of hydrogen-bond acceptors (Lipinski definition) is 4. The van der Waals surface area contributed by atoms with Gasteiger partial charge in [0.1, 0.15) is 0 Å². The summed E-state index contributed by atoms with van der Waals surface area (Å²) in [5.41, 5.74) is 10.9. The molecule has 98 valence electrons. The molecule has 0 aliphatic carbocycles. The van der Waals surface area contributed by atoms with Crippen molar-refractivity contribution in [3.05, 3.63) is 0 Å². The Morgan fingerprint density at radius 1 is 0.500 bits per heavy atom. The van der Waals surface area contributed by atoms with Gasteiger partial charge in [0.05, 0.1) is 0 Å². The number of hydrogen-bond donors (Lipinski definition) is 2. The highest BCUT2D eigenvalue weighted by Gasteiger charge is 1.93. The second-order valence-electron chi connectivity index (χ2n) is 4.05. The van der Waals surface area contributed by atoms with Gasteiger partial charge >= 0.3 is 0 Å². The van der Waals surface area contributed by atoms with Gasteiger partial charge in [-0.15, -0.1) is 0 Å². The summed E-state index contributed by atoms with van der Waals surface area (Å²) in [5.74, 6) is 2.38. The molecule has 0 amide bonds. The van der Waals surface area contributed by atoms with Crippen molar-refractivity contribution in [1.82, 2.24) is 0 Å². The Labute approximate surface area is 109 Å². The molecule has 4 heteroatoms. The van der Waals surface area contributed by atoms with Gasteiger partial charge in [-0.2, -0.15) is 0 Å². The molecule has 0 aromatic carbocycles. The van der Waals surface area contributed by atoms with Crippen LogP contribution in [-0.4, -0.2) is 24.6 Å². The smallest absolute Gasteiger partial charge is 0.0160 e. The maximum absolute atomic E-state index is 5.45. The van der Waals surface area contributed by atoms with E-state index in [1.807, 2.05) is 21.6 Å². The van der Waals surface area contributed by atoms with Gasteiger partial charge in [0.25, 0.3) is 0 Å². The zero-order valence-electron chi connectivity index (χ0n) is 10.5. The Morgan fingerprint density at radius 3 is 1.56 bits per heavy atom. The molecular weight excluding hydrogens is 236 g/mol. The molecule has 0 aliphatic heterocycles. The van der Waals surface area contributed by atoms with E-state index in [0.29, 0.717) is 0 Å². The van der Waals surface area contributed by atoms with Crippen LogP contribution in [0.25, 0.3) is 0 Å². The van der Waals surface area contributed by atoms with Crippen molar-refractivity contribution in [2.75, 3.05) is 24.6 Å². The zero-order chi connectivity index (χ0) is 11.9. The van der Waals surface area contributed by atoms with E-state index in [0.717, 1.165) is 18.8 Å². The maximum Gasteiger partial charge on any atom is 0.0160 e. The molecule has 0 aliphatic rings. The molecule has 2 nitrogen and oxygen atoms in total. The molecule has 16 heavy (non-hydrogen) atoms. The molecule has 0 aromatic rings. The van der Waals surface area contributed by atoms with E-state index in [4.69, 9.17) is 11.5 Å². The third-order valence-electron chi connectivity index (χ3n) is 2.47. The monoisotopic (exact) mass is 264 g/mol. The van der Waals surface area contributed by atoms with Crippen molar-refractivity contribution < 1.29 is 0 Å². The lowest BCUT2D eigenvalue weighted by atomic mass is 10.1. The minimum atomic E-state index is 0.806. The summed E-state index contributed by atoms with van der Waals surface area (Å²) in [6.45, 7) is 1.66. The normalized spacial score (nSPS) is 10.9. The minimum Gasteiger partial charge on any atom is -0.330 e. The second-order valence-corrected chi connectivity index (χ2v) is 6.75. The summed E-state index contributed by atoms with van der Waals surface area (Å²) in [6, 6.07) is 0. The molecule has 0 heterocycles. The quantitative estimate of drug-likeness (QED) is 0.395. The first-order chi connectivity index (χ1) is 7.91. The molecular formula is C12H28N2S2. The average Bonchev–Trinajstić information content (AvgIpc) is 2.31. The lowest BCUT2D eigenvalue weighted by Crippen LogP contribution is -1.99. The van der Waals surface area contributed by atoms with Crippen LogP contribution in [0.2, 0.25) is 0 Å². The van der Waals surface area contributed by atoms with Crippen LogP contribution in [0.4, 0.5) is 0 Å². The standard InChI is InChI=1S/C12H28N2S2/c13-9-7-5-3-1-2-4-6-8-11-15-16-12-10-14/h1-14H2. The average molecular weight is 265 g/mol. The molecule has 0 spiro atoms. The van der Waals surface area contributed by atoms with Crippen molar-refractivity contribution in [1.29, 1.82) is 0 Å². The highest BCUT2D eigenvalue weighted by molar-refractivity contribution is 8.76. The SMILES string of the molecule is NCCCCCCCCCCSSCCN. The highest BCUT2D eigenvalue weighted by Crippen LogP contribution is 2.22. The largest absolute Gasteiger partial charge is 0.330 e. The van der Waals surface area contributed by atoms with Crippen molar-refractivity contribution in [2.45, 2.75) is 51.4 Å². The first kappa shape index (κ1) is 16.6. The van der Waals surface area contributed by atoms with Crippen molar-refractivity contribution in [2.24, 2.45) is 11.5 Å². The molecule has 0 aromatic heterocycles. The molecule has 0 radical (unpaired) electrons. The van der Waals surface area contributed by atoms with E-state index in [2.05, 4.69) is 0 Å². The number of nitrogens with two attached hydrogens (primary N) is 2. The fourth-order valence-corrected chi connectivity index (χ4v) is 3.54. The van der Waals surface area contributed by atoms with Crippen molar-refractivity contribution in [3.63, 3.8) is 0 Å². The van der Waals surface area contributed by atoms with Crippen LogP contribution in [0.15, 0.2) is 0 Å². The predicted molar refractivity (Wildman–Crippen MR) is 80.0 cm³/mol. The van der Waals surface area contributed by atoms with Crippen LogP contribution in [0.3, 0.4) is 0 Å². The van der Waals surface area contributed by atoms with E-state index in [1.165, 1.54) is 57.1 Å². The summed E-state index contributed by atoms with van der Waals surface area (Å²) in [5, 5.41) is 0. The fourth-order valence-electron chi connectivity index (χ4n) is 1.53. The van der Waals surface area contributed by atoms with Crippen molar-refractivity contribution >= 4 is 21.6 Å². The second kappa shape index (κ2) is 15.6. The van der Waals surface area contributed by atoms with Crippen LogP contribution < -0.4 is 11.5 Å². The highest BCUT2D eigenvalue weighted by atomic mass is 33.1. The van der Waals surface area contributed by atoms with Crippen LogP contribution in [-0.2, 0) is 0 Å². The number of rotatable bonds is 13. The maximum atomic E-state index is 5.45. The summed E-state index contributed by atoms with van der Waals surface area (Å²) in [6.07, 6.45) is 10.9. The molecule has 0 rings (SSSR count). The molecule has 0 unspecified atom stereocenters. The van der Waals surface area contributed by atoms with Gasteiger partial charge in [-0.05, 0) is 19.4 Å². The van der Waals surface area contributed by atoms with E-state index in [9.17, 15) is 0 Å². The van der Waals surface area contributed by atoms with E-state index >= 15 is 0 Å². The van der Waals surface area contributed by atoms with Gasteiger partial charge in [0.2, 0.25) is 0 Å². The van der Waals surface area contributed by atoms with Gasteiger partial charge in [-0.25, -0.2) is 0 Å². The Hall–Kier alpha value is 0.620. The van der Waals surface area contributed by atoms with E-state index in [-0.39, 0.29) is 0 Å². The van der Waals surface area contributed by atoms with Crippen LogP contribution in [0, 0.1) is 0 Å². The topological polar surface area (TPSA) is 52.0 Å². The molecule has 0 bridgehead atoms. The molecule has 0 atom stereocenters. The number of unbranched alkanes of at least 4 members (excludes halogenated alkanes) is 7. The Morgan fingerprint density at radius 2 is 1.00 bits per heavy atom. The minimum absolute atomic E-state index is 0.806.